The molecular formula is C23H20F3N3O3S. The summed E-state index contributed by atoms with van der Waals surface area (Å²) in [5.74, 6) is 0.0500. The third kappa shape index (κ3) is 5.75. The Morgan fingerprint density at radius 1 is 1.00 bits per heavy atom. The summed E-state index contributed by atoms with van der Waals surface area (Å²) in [6, 6.07) is 10.6. The quantitative estimate of drug-likeness (QED) is 0.338. The summed E-state index contributed by atoms with van der Waals surface area (Å²) < 4.78 is 50.1. The molecule has 0 radical (unpaired) electrons. The Morgan fingerprint density at radius 2 is 1.67 bits per heavy atom. The van der Waals surface area contributed by atoms with E-state index in [2.05, 4.69) is 15.2 Å². The predicted molar refractivity (Wildman–Crippen MR) is 117 cm³/mol. The van der Waals surface area contributed by atoms with Crippen molar-refractivity contribution in [3.63, 3.8) is 0 Å². The molecule has 0 saturated carbocycles. The second-order valence-corrected chi connectivity index (χ2v) is 9.51. The SMILES string of the molecule is CC(C)(C)OC(=O)Cc1nnc(Cc2nc3ccc(-c4ccc(C(F)(F)F)cc4)cc3s2)o1. The number of ether oxygens (including phenoxy) is 1. The zero-order valence-corrected chi connectivity index (χ0v) is 18.9. The highest BCUT2D eigenvalue weighted by Crippen LogP contribution is 2.33. The Bertz CT molecular complexity index is 1290. The highest BCUT2D eigenvalue weighted by molar-refractivity contribution is 7.18. The van der Waals surface area contributed by atoms with Gasteiger partial charge in [0.25, 0.3) is 0 Å². The summed E-state index contributed by atoms with van der Waals surface area (Å²) in [4.78, 5) is 16.5. The van der Waals surface area contributed by atoms with E-state index in [1.54, 1.807) is 20.8 Å². The molecule has 0 aliphatic heterocycles. The van der Waals surface area contributed by atoms with Crippen LogP contribution in [-0.2, 0) is 28.5 Å². The fraction of sp³-hybridized carbons (Fsp3) is 0.304. The fourth-order valence-corrected chi connectivity index (χ4v) is 4.14. The van der Waals surface area contributed by atoms with Crippen molar-refractivity contribution in [3.05, 3.63) is 64.8 Å². The van der Waals surface area contributed by atoms with Crippen LogP contribution in [0.3, 0.4) is 0 Å². The van der Waals surface area contributed by atoms with E-state index in [0.717, 1.165) is 32.9 Å². The largest absolute Gasteiger partial charge is 0.460 e. The smallest absolute Gasteiger partial charge is 0.416 e. The van der Waals surface area contributed by atoms with Gasteiger partial charge >= 0.3 is 12.1 Å². The average molecular weight is 475 g/mol. The van der Waals surface area contributed by atoms with Gasteiger partial charge in [-0.05, 0) is 56.2 Å². The van der Waals surface area contributed by atoms with Crippen LogP contribution in [0.25, 0.3) is 21.3 Å². The predicted octanol–water partition coefficient (Wildman–Crippen LogP) is 5.84. The van der Waals surface area contributed by atoms with Crippen LogP contribution < -0.4 is 0 Å². The monoisotopic (exact) mass is 475 g/mol. The molecule has 0 N–H and O–H groups in total. The lowest BCUT2D eigenvalue weighted by Gasteiger charge is -2.18. The maximum absolute atomic E-state index is 12.8. The summed E-state index contributed by atoms with van der Waals surface area (Å²) in [7, 11) is 0. The summed E-state index contributed by atoms with van der Waals surface area (Å²) >= 11 is 1.43. The van der Waals surface area contributed by atoms with E-state index in [4.69, 9.17) is 9.15 Å². The lowest BCUT2D eigenvalue weighted by atomic mass is 10.0. The number of halogens is 3. The molecule has 0 aliphatic rings. The van der Waals surface area contributed by atoms with Crippen LogP contribution in [0, 0.1) is 0 Å². The fourth-order valence-electron chi connectivity index (χ4n) is 3.14. The van der Waals surface area contributed by atoms with Gasteiger partial charge in [-0.15, -0.1) is 21.5 Å². The van der Waals surface area contributed by atoms with Crippen molar-refractivity contribution in [2.24, 2.45) is 0 Å². The van der Waals surface area contributed by atoms with E-state index in [0.29, 0.717) is 17.9 Å². The molecule has 6 nitrogen and oxygen atoms in total. The number of thiazole rings is 1. The first-order valence-electron chi connectivity index (χ1n) is 10.1. The molecule has 4 aromatic rings. The number of fused-ring (bicyclic) bond motifs is 1. The van der Waals surface area contributed by atoms with E-state index < -0.39 is 23.3 Å². The summed E-state index contributed by atoms with van der Waals surface area (Å²) in [6.45, 7) is 5.33. The van der Waals surface area contributed by atoms with Crippen LogP contribution in [-0.4, -0.2) is 26.8 Å². The first-order valence-corrected chi connectivity index (χ1v) is 10.9. The number of hydrogen-bond acceptors (Lipinski definition) is 7. The standard InChI is InChI=1S/C23H20F3N3O3S/c1-22(2,3)32-21(30)12-19-29-28-18(31-19)11-20-27-16-9-6-14(10-17(16)33-20)13-4-7-15(8-5-13)23(24,25)26/h4-10H,11-12H2,1-3H3. The van der Waals surface area contributed by atoms with Gasteiger partial charge in [0.2, 0.25) is 11.8 Å². The van der Waals surface area contributed by atoms with Gasteiger partial charge in [-0.1, -0.05) is 18.2 Å². The summed E-state index contributed by atoms with van der Waals surface area (Å²) in [5.41, 5.74) is 0.963. The lowest BCUT2D eigenvalue weighted by Crippen LogP contribution is -2.24. The van der Waals surface area contributed by atoms with Gasteiger partial charge < -0.3 is 9.15 Å². The van der Waals surface area contributed by atoms with Crippen molar-refractivity contribution in [1.82, 2.24) is 15.2 Å². The van der Waals surface area contributed by atoms with Crippen LogP contribution in [0.4, 0.5) is 13.2 Å². The molecule has 0 atom stereocenters. The zero-order valence-electron chi connectivity index (χ0n) is 18.1. The lowest BCUT2D eigenvalue weighted by molar-refractivity contribution is -0.154. The number of carbonyl (C=O) groups excluding carboxylic acids is 1. The molecule has 10 heteroatoms. The molecule has 0 saturated heterocycles. The molecule has 4 rings (SSSR count). The molecule has 0 fully saturated rings. The number of esters is 1. The third-order valence-corrected chi connectivity index (χ3v) is 5.52. The number of aromatic nitrogens is 3. The molecule has 0 aliphatic carbocycles. The molecule has 2 aromatic heterocycles. The van der Waals surface area contributed by atoms with Crippen molar-refractivity contribution in [2.75, 3.05) is 0 Å². The number of benzene rings is 2. The Morgan fingerprint density at radius 3 is 2.33 bits per heavy atom. The molecule has 0 amide bonds. The Hall–Kier alpha value is -3.27. The number of rotatable bonds is 5. The molecule has 0 bridgehead atoms. The third-order valence-electron chi connectivity index (χ3n) is 4.51. The van der Waals surface area contributed by atoms with Gasteiger partial charge in [-0.25, -0.2) is 4.98 Å². The Kier molecular flexibility index (Phi) is 5.96. The van der Waals surface area contributed by atoms with Gasteiger partial charge in [0, 0.05) is 0 Å². The summed E-state index contributed by atoms with van der Waals surface area (Å²) in [6.07, 6.45) is -4.17. The first-order chi connectivity index (χ1) is 15.5. The topological polar surface area (TPSA) is 78.1 Å². The van der Waals surface area contributed by atoms with E-state index in [-0.39, 0.29) is 12.3 Å². The van der Waals surface area contributed by atoms with E-state index in [1.807, 2.05) is 18.2 Å². The van der Waals surface area contributed by atoms with Gasteiger partial charge in [0.1, 0.15) is 17.0 Å². The van der Waals surface area contributed by atoms with Crippen LogP contribution in [0.5, 0.6) is 0 Å². The molecule has 172 valence electrons. The first kappa shape index (κ1) is 22.9. The van der Waals surface area contributed by atoms with Crippen molar-refractivity contribution in [1.29, 1.82) is 0 Å². The number of nitrogens with zero attached hydrogens (tertiary/aromatic N) is 3. The molecule has 2 heterocycles. The second kappa shape index (κ2) is 8.58. The number of carbonyl (C=O) groups is 1. The Labute approximate surface area is 191 Å². The maximum Gasteiger partial charge on any atom is 0.416 e. The van der Waals surface area contributed by atoms with Crippen LogP contribution >= 0.6 is 11.3 Å². The normalized spacial score (nSPS) is 12.3. The van der Waals surface area contributed by atoms with Crippen molar-refractivity contribution in [2.45, 2.75) is 45.4 Å². The van der Waals surface area contributed by atoms with Crippen LogP contribution in [0.2, 0.25) is 0 Å². The highest BCUT2D eigenvalue weighted by Gasteiger charge is 2.30. The average Bonchev–Trinajstić information content (AvgIpc) is 3.31. The van der Waals surface area contributed by atoms with E-state index >= 15 is 0 Å². The number of alkyl halides is 3. The molecule has 2 aromatic carbocycles. The van der Waals surface area contributed by atoms with Crippen molar-refractivity contribution >= 4 is 27.5 Å². The summed E-state index contributed by atoms with van der Waals surface area (Å²) in [5, 5.41) is 8.61. The Balaban J connectivity index is 1.47. The minimum absolute atomic E-state index is 0.111. The van der Waals surface area contributed by atoms with Crippen molar-refractivity contribution < 1.29 is 27.1 Å². The molecular weight excluding hydrogens is 455 g/mol. The van der Waals surface area contributed by atoms with Gasteiger partial charge in [-0.3, -0.25) is 4.79 Å². The zero-order chi connectivity index (χ0) is 23.8. The van der Waals surface area contributed by atoms with Gasteiger partial charge in [0.15, 0.2) is 0 Å². The van der Waals surface area contributed by atoms with Gasteiger partial charge in [0.05, 0.1) is 22.2 Å². The molecule has 33 heavy (non-hydrogen) atoms. The molecule has 0 spiro atoms. The highest BCUT2D eigenvalue weighted by atomic mass is 32.1. The minimum Gasteiger partial charge on any atom is -0.460 e. The second-order valence-electron chi connectivity index (χ2n) is 8.39. The van der Waals surface area contributed by atoms with Crippen molar-refractivity contribution in [3.8, 4) is 11.1 Å². The van der Waals surface area contributed by atoms with Crippen LogP contribution in [0.1, 0.15) is 43.1 Å². The minimum atomic E-state index is -4.36. The van der Waals surface area contributed by atoms with Gasteiger partial charge in [-0.2, -0.15) is 13.2 Å². The number of hydrogen-bond donors (Lipinski definition) is 0. The molecule has 0 unspecified atom stereocenters. The van der Waals surface area contributed by atoms with Crippen LogP contribution in [0.15, 0.2) is 46.9 Å². The van der Waals surface area contributed by atoms with E-state index in [9.17, 15) is 18.0 Å². The maximum atomic E-state index is 12.8. The van der Waals surface area contributed by atoms with E-state index in [1.165, 1.54) is 23.5 Å².